The van der Waals surface area contributed by atoms with E-state index in [1.807, 2.05) is 49.4 Å². The first-order valence-corrected chi connectivity index (χ1v) is 11.4. The summed E-state index contributed by atoms with van der Waals surface area (Å²) in [7, 11) is 0. The van der Waals surface area contributed by atoms with E-state index in [0.717, 1.165) is 54.9 Å². The van der Waals surface area contributed by atoms with Crippen molar-refractivity contribution in [3.8, 4) is 0 Å². The van der Waals surface area contributed by atoms with Crippen LogP contribution in [0.2, 0.25) is 0 Å². The number of nitrogens with zero attached hydrogens (tertiary/aromatic N) is 2. The van der Waals surface area contributed by atoms with E-state index in [4.69, 9.17) is 5.73 Å². The SMILES string of the molecule is CCCCn1c(N)c(N(C(=O)Cc2cccc3ccccc23)C2CCCC2)c(=O)[nH]c1=O. The maximum atomic E-state index is 13.7. The molecule has 168 valence electrons. The fourth-order valence-corrected chi connectivity index (χ4v) is 4.72. The molecular weight excluding hydrogens is 404 g/mol. The molecule has 0 radical (unpaired) electrons. The first-order valence-electron chi connectivity index (χ1n) is 11.4. The van der Waals surface area contributed by atoms with Crippen LogP contribution in [0.4, 0.5) is 11.5 Å². The Bertz CT molecular complexity index is 1230. The van der Waals surface area contributed by atoms with Gasteiger partial charge in [0.05, 0.1) is 6.42 Å². The summed E-state index contributed by atoms with van der Waals surface area (Å²) in [5.74, 6) is -0.100. The largest absolute Gasteiger partial charge is 0.383 e. The molecule has 0 saturated heterocycles. The first kappa shape index (κ1) is 21.9. The van der Waals surface area contributed by atoms with Gasteiger partial charge < -0.3 is 10.6 Å². The van der Waals surface area contributed by atoms with Crippen LogP contribution in [0.25, 0.3) is 10.8 Å². The Balaban J connectivity index is 1.78. The summed E-state index contributed by atoms with van der Waals surface area (Å²) in [6.45, 7) is 2.42. The second-order valence-corrected chi connectivity index (χ2v) is 8.52. The number of fused-ring (bicyclic) bond motifs is 1. The third kappa shape index (κ3) is 4.20. The molecule has 1 saturated carbocycles. The summed E-state index contributed by atoms with van der Waals surface area (Å²) >= 11 is 0. The average Bonchev–Trinajstić information content (AvgIpc) is 3.31. The van der Waals surface area contributed by atoms with Gasteiger partial charge in [-0.2, -0.15) is 0 Å². The Morgan fingerprint density at radius 1 is 1.12 bits per heavy atom. The van der Waals surface area contributed by atoms with Gasteiger partial charge in [-0.3, -0.25) is 19.1 Å². The van der Waals surface area contributed by atoms with Gasteiger partial charge in [-0.15, -0.1) is 0 Å². The highest BCUT2D eigenvalue weighted by atomic mass is 16.2. The normalized spacial score (nSPS) is 14.2. The summed E-state index contributed by atoms with van der Waals surface area (Å²) < 4.78 is 1.38. The minimum absolute atomic E-state index is 0.0744. The number of unbranched alkanes of at least 4 members (excludes halogenated alkanes) is 1. The second-order valence-electron chi connectivity index (χ2n) is 8.52. The number of carbonyl (C=O) groups excluding carboxylic acids is 1. The molecule has 1 aliphatic carbocycles. The van der Waals surface area contributed by atoms with Gasteiger partial charge in [0.2, 0.25) is 5.91 Å². The van der Waals surface area contributed by atoms with Crippen molar-refractivity contribution in [2.75, 3.05) is 10.6 Å². The molecule has 1 aliphatic rings. The number of carbonyl (C=O) groups is 1. The summed E-state index contributed by atoms with van der Waals surface area (Å²) in [6, 6.07) is 13.8. The molecule has 1 fully saturated rings. The Kier molecular flexibility index (Phi) is 6.44. The van der Waals surface area contributed by atoms with E-state index in [1.54, 1.807) is 4.90 Å². The van der Waals surface area contributed by atoms with Crippen LogP contribution in [-0.2, 0) is 17.8 Å². The Morgan fingerprint density at radius 2 is 1.84 bits per heavy atom. The van der Waals surface area contributed by atoms with Crippen molar-refractivity contribution in [1.82, 2.24) is 9.55 Å². The standard InChI is InChI=1S/C25H30N4O3/c1-2-3-15-28-23(26)22(24(31)27-25(28)32)29(19-12-5-6-13-19)21(30)16-18-11-8-10-17-9-4-7-14-20(17)18/h4,7-11,14,19H,2-3,5-6,12-13,15-16,26H2,1H3,(H,27,31,32). The molecular formula is C25H30N4O3. The zero-order valence-electron chi connectivity index (χ0n) is 18.5. The number of anilines is 2. The zero-order chi connectivity index (χ0) is 22.7. The van der Waals surface area contributed by atoms with Crippen LogP contribution in [0.5, 0.6) is 0 Å². The molecule has 1 amide bonds. The molecule has 3 aromatic rings. The van der Waals surface area contributed by atoms with Crippen molar-refractivity contribution >= 4 is 28.2 Å². The molecule has 0 atom stereocenters. The molecule has 0 bridgehead atoms. The Hall–Kier alpha value is -3.35. The number of nitrogens with one attached hydrogen (secondary N) is 1. The number of H-pyrrole nitrogens is 1. The number of rotatable bonds is 7. The minimum Gasteiger partial charge on any atom is -0.383 e. The average molecular weight is 435 g/mol. The predicted octanol–water partition coefficient (Wildman–Crippen LogP) is 3.59. The van der Waals surface area contributed by atoms with E-state index < -0.39 is 11.2 Å². The van der Waals surface area contributed by atoms with Crippen LogP contribution < -0.4 is 21.9 Å². The molecule has 3 N–H and O–H groups in total. The molecule has 0 unspecified atom stereocenters. The lowest BCUT2D eigenvalue weighted by atomic mass is 10.0. The van der Waals surface area contributed by atoms with Gasteiger partial charge >= 0.3 is 5.69 Å². The van der Waals surface area contributed by atoms with Crippen LogP contribution in [0.15, 0.2) is 52.1 Å². The van der Waals surface area contributed by atoms with E-state index in [-0.39, 0.29) is 29.9 Å². The van der Waals surface area contributed by atoms with E-state index in [1.165, 1.54) is 4.57 Å². The third-order valence-electron chi connectivity index (χ3n) is 6.37. The van der Waals surface area contributed by atoms with Gasteiger partial charge in [0.1, 0.15) is 5.82 Å². The van der Waals surface area contributed by atoms with Crippen molar-refractivity contribution in [2.45, 2.75) is 64.5 Å². The molecule has 1 aromatic heterocycles. The van der Waals surface area contributed by atoms with Crippen LogP contribution >= 0.6 is 0 Å². The van der Waals surface area contributed by atoms with Crippen LogP contribution in [-0.4, -0.2) is 21.5 Å². The number of benzene rings is 2. The Labute approximate surface area is 186 Å². The Morgan fingerprint density at radius 3 is 2.59 bits per heavy atom. The van der Waals surface area contributed by atoms with Gasteiger partial charge in [-0.25, -0.2) is 4.79 Å². The fourth-order valence-electron chi connectivity index (χ4n) is 4.72. The van der Waals surface area contributed by atoms with Crippen LogP contribution in [0, 0.1) is 0 Å². The molecule has 7 heteroatoms. The third-order valence-corrected chi connectivity index (χ3v) is 6.37. The number of amides is 1. The fraction of sp³-hybridized carbons (Fsp3) is 0.400. The molecule has 4 rings (SSSR count). The van der Waals surface area contributed by atoms with Crippen molar-refractivity contribution in [3.05, 3.63) is 68.9 Å². The van der Waals surface area contributed by atoms with Crippen LogP contribution in [0.1, 0.15) is 51.0 Å². The number of aromatic nitrogens is 2. The number of hydrogen-bond donors (Lipinski definition) is 2. The number of nitrogens with two attached hydrogens (primary N) is 1. The van der Waals surface area contributed by atoms with E-state index >= 15 is 0 Å². The highest BCUT2D eigenvalue weighted by Gasteiger charge is 2.32. The molecule has 0 aliphatic heterocycles. The van der Waals surface area contributed by atoms with Crippen molar-refractivity contribution < 1.29 is 4.79 Å². The maximum absolute atomic E-state index is 13.7. The highest BCUT2D eigenvalue weighted by molar-refractivity contribution is 5.99. The molecule has 1 heterocycles. The van der Waals surface area contributed by atoms with E-state index in [0.29, 0.717) is 6.54 Å². The smallest absolute Gasteiger partial charge is 0.330 e. The topological polar surface area (TPSA) is 101 Å². The summed E-state index contributed by atoms with van der Waals surface area (Å²) in [5, 5.41) is 2.08. The number of nitrogen functional groups attached to an aromatic ring is 1. The van der Waals surface area contributed by atoms with Crippen molar-refractivity contribution in [1.29, 1.82) is 0 Å². The predicted molar refractivity (Wildman–Crippen MR) is 128 cm³/mol. The lowest BCUT2D eigenvalue weighted by Crippen LogP contribution is -2.46. The summed E-state index contributed by atoms with van der Waals surface area (Å²) in [6.07, 6.45) is 5.41. The van der Waals surface area contributed by atoms with Gasteiger partial charge in [0.25, 0.3) is 5.56 Å². The zero-order valence-corrected chi connectivity index (χ0v) is 18.5. The van der Waals surface area contributed by atoms with Gasteiger partial charge in [-0.1, -0.05) is 68.7 Å². The maximum Gasteiger partial charge on any atom is 0.330 e. The lowest BCUT2D eigenvalue weighted by molar-refractivity contribution is -0.118. The van der Waals surface area contributed by atoms with E-state index in [2.05, 4.69) is 4.98 Å². The van der Waals surface area contributed by atoms with Crippen LogP contribution in [0.3, 0.4) is 0 Å². The number of aromatic amines is 1. The van der Waals surface area contributed by atoms with Crippen molar-refractivity contribution in [3.63, 3.8) is 0 Å². The molecule has 32 heavy (non-hydrogen) atoms. The number of hydrogen-bond acceptors (Lipinski definition) is 4. The minimum atomic E-state index is -0.599. The highest BCUT2D eigenvalue weighted by Crippen LogP contribution is 2.30. The summed E-state index contributed by atoms with van der Waals surface area (Å²) in [4.78, 5) is 43.0. The molecule has 7 nitrogen and oxygen atoms in total. The monoisotopic (exact) mass is 434 g/mol. The summed E-state index contributed by atoms with van der Waals surface area (Å²) in [5.41, 5.74) is 6.25. The van der Waals surface area contributed by atoms with Gasteiger partial charge in [0, 0.05) is 12.6 Å². The van der Waals surface area contributed by atoms with E-state index in [9.17, 15) is 14.4 Å². The van der Waals surface area contributed by atoms with Gasteiger partial charge in [0.15, 0.2) is 5.69 Å². The van der Waals surface area contributed by atoms with Gasteiger partial charge in [-0.05, 0) is 35.6 Å². The first-order chi connectivity index (χ1) is 15.5. The quantitative estimate of drug-likeness (QED) is 0.593. The second kappa shape index (κ2) is 9.42. The lowest BCUT2D eigenvalue weighted by Gasteiger charge is -2.30. The molecule has 0 spiro atoms. The van der Waals surface area contributed by atoms with Crippen molar-refractivity contribution in [2.24, 2.45) is 0 Å². The molecule has 2 aromatic carbocycles.